The lowest BCUT2D eigenvalue weighted by Crippen LogP contribution is -2.67. The fraction of sp³-hybridized carbons (Fsp3) is 0.250. The maximum absolute atomic E-state index is 13.9. The maximum atomic E-state index is 13.9. The number of aromatic nitrogens is 2. The van der Waals surface area contributed by atoms with Gasteiger partial charge in [-0.05, 0) is 24.3 Å². The van der Waals surface area contributed by atoms with Crippen LogP contribution in [0, 0.1) is 0 Å². The Kier molecular flexibility index (Phi) is 6.00. The smallest absolute Gasteiger partial charge is 0.319 e. The number of amides is 2. The van der Waals surface area contributed by atoms with Gasteiger partial charge in [0.25, 0.3) is 0 Å². The topological polar surface area (TPSA) is 84.0 Å². The van der Waals surface area contributed by atoms with Crippen molar-refractivity contribution >= 4 is 23.2 Å². The largest absolute Gasteiger partial charge is 0.393 e. The second kappa shape index (κ2) is 7.84. The third-order valence-corrected chi connectivity index (χ3v) is 3.59. The number of carbonyl (C=O) groups is 2. The van der Waals surface area contributed by atoms with Gasteiger partial charge in [0.05, 0.1) is 23.8 Å². The Hall–Kier alpha value is -3.32. The number of nitrogens with zero attached hydrogens (tertiary/aromatic N) is 2. The fourth-order valence-corrected chi connectivity index (χ4v) is 1.97. The van der Waals surface area contributed by atoms with E-state index in [4.69, 9.17) is 0 Å². The van der Waals surface area contributed by atoms with E-state index in [0.717, 1.165) is 47.3 Å². The molecule has 0 saturated carbocycles. The Balaban J connectivity index is 2.31. The molecule has 2 aromatic rings. The second-order valence-corrected chi connectivity index (χ2v) is 5.69. The molecule has 6 nitrogen and oxygen atoms in total. The number of hydrogen-bond acceptors (Lipinski definition) is 4. The van der Waals surface area contributed by atoms with Crippen molar-refractivity contribution in [1.29, 1.82) is 0 Å². The molecule has 30 heavy (non-hydrogen) atoms. The van der Waals surface area contributed by atoms with E-state index in [-0.39, 0.29) is 0 Å². The summed E-state index contributed by atoms with van der Waals surface area (Å²) in [6.07, 6.45) is 3.64. The number of nitrogens with one attached hydrogen (secondary N) is 2. The zero-order valence-electron chi connectivity index (χ0n) is 14.4. The summed E-state index contributed by atoms with van der Waals surface area (Å²) < 4.78 is 111. The molecule has 162 valence electrons. The van der Waals surface area contributed by atoms with Gasteiger partial charge in [0, 0.05) is 12.4 Å². The van der Waals surface area contributed by atoms with Gasteiger partial charge in [0.15, 0.2) is 0 Å². The van der Waals surface area contributed by atoms with E-state index < -0.39 is 46.9 Å². The summed E-state index contributed by atoms with van der Waals surface area (Å²) in [7, 11) is 0. The molecule has 0 aliphatic carbocycles. The van der Waals surface area contributed by atoms with Crippen LogP contribution in [0.1, 0.15) is 0 Å². The van der Waals surface area contributed by atoms with Gasteiger partial charge in [-0.3, -0.25) is 19.6 Å². The van der Waals surface area contributed by atoms with Gasteiger partial charge in [-0.2, -0.15) is 35.1 Å². The van der Waals surface area contributed by atoms with E-state index in [0.29, 0.717) is 12.4 Å². The van der Waals surface area contributed by atoms with Crippen molar-refractivity contribution in [2.45, 2.75) is 23.7 Å². The Morgan fingerprint density at radius 2 is 1.00 bits per heavy atom. The van der Waals surface area contributed by atoms with E-state index >= 15 is 0 Å². The lowest BCUT2D eigenvalue weighted by molar-refractivity contribution is -0.345. The third-order valence-electron chi connectivity index (χ3n) is 3.59. The first-order valence-corrected chi connectivity index (χ1v) is 7.69. The summed E-state index contributed by atoms with van der Waals surface area (Å²) in [6.45, 7) is 0. The van der Waals surface area contributed by atoms with E-state index in [2.05, 4.69) is 9.97 Å². The van der Waals surface area contributed by atoms with Crippen LogP contribution >= 0.6 is 0 Å². The molecular weight excluding hydrogens is 432 g/mol. The van der Waals surface area contributed by atoms with Crippen LogP contribution in [0.25, 0.3) is 0 Å². The van der Waals surface area contributed by atoms with Gasteiger partial charge in [-0.1, -0.05) is 0 Å². The quantitative estimate of drug-likeness (QED) is 0.642. The summed E-state index contributed by atoms with van der Waals surface area (Å²) >= 11 is 0. The molecule has 2 aromatic heterocycles. The average Bonchev–Trinajstić information content (AvgIpc) is 2.69. The van der Waals surface area contributed by atoms with Crippen LogP contribution in [-0.4, -0.2) is 45.5 Å². The van der Waals surface area contributed by atoms with Crippen LogP contribution < -0.4 is 10.6 Å². The van der Waals surface area contributed by atoms with Crippen LogP contribution in [0.4, 0.5) is 46.5 Å². The number of anilines is 2. The standard InChI is InChI=1S/C16H10F8N4O2/c17-13(18,11(29)27-9-3-1-5-25-7-9)15(21,22)16(23,24)14(19,20)12(30)28-10-4-2-6-26-8-10/h1-8H,(H,27,29)(H,28,30). The number of hydrogen-bond donors (Lipinski definition) is 2. The first-order chi connectivity index (χ1) is 13.7. The third kappa shape index (κ3) is 3.89. The zero-order valence-corrected chi connectivity index (χ0v) is 14.4. The highest BCUT2D eigenvalue weighted by Gasteiger charge is 2.84. The molecule has 2 amide bonds. The molecule has 0 aromatic carbocycles. The SMILES string of the molecule is O=C(Nc1cccnc1)C(F)(F)C(F)(F)C(F)(F)C(F)(F)C(=O)Nc1cccnc1. The highest BCUT2D eigenvalue weighted by atomic mass is 19.4. The van der Waals surface area contributed by atoms with Crippen molar-refractivity contribution in [3.63, 3.8) is 0 Å². The molecular formula is C16H10F8N4O2. The average molecular weight is 442 g/mol. The van der Waals surface area contributed by atoms with Crippen molar-refractivity contribution in [2.24, 2.45) is 0 Å². The minimum absolute atomic E-state index is 0.595. The second-order valence-electron chi connectivity index (χ2n) is 5.69. The Morgan fingerprint density at radius 1 is 0.667 bits per heavy atom. The number of halogens is 8. The fourth-order valence-electron chi connectivity index (χ4n) is 1.97. The summed E-state index contributed by atoms with van der Waals surface area (Å²) in [4.78, 5) is 29.6. The molecule has 0 bridgehead atoms. The van der Waals surface area contributed by atoms with Gasteiger partial charge >= 0.3 is 35.5 Å². The molecule has 2 N–H and O–H groups in total. The molecule has 0 spiro atoms. The molecule has 0 fully saturated rings. The van der Waals surface area contributed by atoms with Crippen LogP contribution in [-0.2, 0) is 9.59 Å². The molecule has 2 rings (SSSR count). The summed E-state index contributed by atoms with van der Waals surface area (Å²) in [5.41, 5.74) is -1.19. The maximum Gasteiger partial charge on any atom is 0.393 e. The molecule has 14 heteroatoms. The highest BCUT2D eigenvalue weighted by molar-refractivity contribution is 5.99. The molecule has 2 heterocycles. The normalized spacial score (nSPS) is 12.9. The van der Waals surface area contributed by atoms with Crippen LogP contribution in [0.2, 0.25) is 0 Å². The highest BCUT2D eigenvalue weighted by Crippen LogP contribution is 2.53. The lowest BCUT2D eigenvalue weighted by atomic mass is 9.97. The Bertz CT molecular complexity index is 834. The van der Waals surface area contributed by atoms with E-state index in [9.17, 15) is 44.7 Å². The zero-order chi connectivity index (χ0) is 22.8. The predicted molar refractivity (Wildman–Crippen MR) is 85.5 cm³/mol. The van der Waals surface area contributed by atoms with Crippen LogP contribution in [0.3, 0.4) is 0 Å². The van der Waals surface area contributed by atoms with Crippen molar-refractivity contribution in [1.82, 2.24) is 9.97 Å². The minimum Gasteiger partial charge on any atom is -0.319 e. The van der Waals surface area contributed by atoms with E-state index in [1.54, 1.807) is 0 Å². The molecule has 0 aliphatic rings. The van der Waals surface area contributed by atoms with Gasteiger partial charge in [-0.25, -0.2) is 0 Å². The predicted octanol–water partition coefficient (Wildman–Crippen LogP) is 3.60. The van der Waals surface area contributed by atoms with Crippen molar-refractivity contribution in [3.05, 3.63) is 49.1 Å². The Labute approximate surface area is 162 Å². The minimum atomic E-state index is -6.97. The van der Waals surface area contributed by atoms with E-state index in [1.807, 2.05) is 0 Å². The number of pyridine rings is 2. The first kappa shape index (κ1) is 23.0. The molecule has 0 radical (unpaired) electrons. The summed E-state index contributed by atoms with van der Waals surface area (Å²) in [5.74, 6) is -32.6. The summed E-state index contributed by atoms with van der Waals surface area (Å²) in [6, 6.07) is 3.95. The van der Waals surface area contributed by atoms with Gasteiger partial charge in [0.1, 0.15) is 0 Å². The monoisotopic (exact) mass is 442 g/mol. The van der Waals surface area contributed by atoms with E-state index in [1.165, 1.54) is 0 Å². The first-order valence-electron chi connectivity index (χ1n) is 7.69. The lowest BCUT2D eigenvalue weighted by Gasteiger charge is -2.35. The Morgan fingerprint density at radius 3 is 1.27 bits per heavy atom. The number of alkyl halides is 8. The molecule has 0 saturated heterocycles. The number of rotatable bonds is 7. The molecule has 0 aliphatic heterocycles. The molecule has 0 unspecified atom stereocenters. The van der Waals surface area contributed by atoms with Crippen molar-refractivity contribution < 1.29 is 44.7 Å². The van der Waals surface area contributed by atoms with Crippen molar-refractivity contribution in [2.75, 3.05) is 10.6 Å². The number of carbonyl (C=O) groups excluding carboxylic acids is 2. The summed E-state index contributed by atoms with van der Waals surface area (Å²) in [5, 5.41) is 2.32. The molecule has 0 atom stereocenters. The van der Waals surface area contributed by atoms with Crippen LogP contribution in [0.5, 0.6) is 0 Å². The van der Waals surface area contributed by atoms with Gasteiger partial charge < -0.3 is 10.6 Å². The van der Waals surface area contributed by atoms with Crippen molar-refractivity contribution in [3.8, 4) is 0 Å². The van der Waals surface area contributed by atoms with Crippen LogP contribution in [0.15, 0.2) is 49.1 Å². The van der Waals surface area contributed by atoms with Gasteiger partial charge in [0.2, 0.25) is 0 Å². The van der Waals surface area contributed by atoms with Gasteiger partial charge in [-0.15, -0.1) is 0 Å².